The molecule has 2 heterocycles. The van der Waals surface area contributed by atoms with Crippen LogP contribution < -0.4 is 5.32 Å². The maximum atomic E-state index is 4.14. The molecule has 1 atom stereocenters. The van der Waals surface area contributed by atoms with E-state index in [1.807, 2.05) is 11.3 Å². The monoisotopic (exact) mass is 262 g/mol. The molecule has 0 radical (unpaired) electrons. The topological polar surface area (TPSA) is 53.6 Å². The van der Waals surface area contributed by atoms with Crippen molar-refractivity contribution in [3.8, 4) is 0 Å². The standard InChI is InChI=1S/C13H18N4S/c1(4-12-15-9-16-17-12)7-14-13(10-5-6-10)11-3-2-8-18-11/h2-3,8-10,13-14H,1,4-7H2,(H,15,16,17). The summed E-state index contributed by atoms with van der Waals surface area (Å²) >= 11 is 1.86. The third-order valence-electron chi connectivity index (χ3n) is 3.36. The lowest BCUT2D eigenvalue weighted by atomic mass is 10.1. The summed E-state index contributed by atoms with van der Waals surface area (Å²) in [6, 6.07) is 4.96. The molecule has 1 unspecified atom stereocenters. The van der Waals surface area contributed by atoms with Crippen LogP contribution in [0.5, 0.6) is 0 Å². The molecular formula is C13H18N4S. The van der Waals surface area contributed by atoms with Gasteiger partial charge in [0.1, 0.15) is 12.2 Å². The van der Waals surface area contributed by atoms with Crippen LogP contribution in [0.15, 0.2) is 23.8 Å². The van der Waals surface area contributed by atoms with Gasteiger partial charge in [-0.25, -0.2) is 4.98 Å². The third-order valence-corrected chi connectivity index (χ3v) is 4.32. The molecule has 3 rings (SSSR count). The van der Waals surface area contributed by atoms with E-state index in [0.717, 1.165) is 31.1 Å². The molecule has 18 heavy (non-hydrogen) atoms. The van der Waals surface area contributed by atoms with Crippen molar-refractivity contribution in [3.05, 3.63) is 34.5 Å². The van der Waals surface area contributed by atoms with Gasteiger partial charge in [-0.15, -0.1) is 11.3 Å². The number of nitrogens with zero attached hydrogens (tertiary/aromatic N) is 2. The highest BCUT2D eigenvalue weighted by atomic mass is 32.1. The van der Waals surface area contributed by atoms with Crippen LogP contribution in [0.3, 0.4) is 0 Å². The Bertz CT molecular complexity index is 447. The van der Waals surface area contributed by atoms with Gasteiger partial charge in [-0.05, 0) is 43.2 Å². The Morgan fingerprint density at radius 2 is 2.44 bits per heavy atom. The predicted molar refractivity (Wildman–Crippen MR) is 72.5 cm³/mol. The Hall–Kier alpha value is -1.20. The average Bonchev–Trinajstić information content (AvgIpc) is 2.89. The molecule has 1 aliphatic carbocycles. The van der Waals surface area contributed by atoms with Crippen molar-refractivity contribution in [2.24, 2.45) is 5.92 Å². The molecule has 96 valence electrons. The van der Waals surface area contributed by atoms with Gasteiger partial charge >= 0.3 is 0 Å². The number of hydrogen-bond donors (Lipinski definition) is 2. The summed E-state index contributed by atoms with van der Waals surface area (Å²) in [4.78, 5) is 5.62. The van der Waals surface area contributed by atoms with E-state index in [2.05, 4.69) is 38.0 Å². The number of nitrogens with one attached hydrogen (secondary N) is 2. The molecule has 2 aromatic rings. The third kappa shape index (κ3) is 2.97. The fourth-order valence-electron chi connectivity index (χ4n) is 2.26. The SMILES string of the molecule is c1csc(C(NCCCc2ncn[nH]2)C2CC2)c1. The van der Waals surface area contributed by atoms with Gasteiger partial charge in [0.15, 0.2) is 0 Å². The minimum atomic E-state index is 0.569. The van der Waals surface area contributed by atoms with Gasteiger partial charge in [0, 0.05) is 17.3 Å². The first-order valence-corrected chi connectivity index (χ1v) is 7.42. The number of thiophene rings is 1. The summed E-state index contributed by atoms with van der Waals surface area (Å²) in [5, 5.41) is 12.6. The van der Waals surface area contributed by atoms with Gasteiger partial charge in [-0.1, -0.05) is 6.07 Å². The zero-order valence-corrected chi connectivity index (χ0v) is 11.1. The van der Waals surface area contributed by atoms with Gasteiger partial charge in [-0.2, -0.15) is 5.10 Å². The van der Waals surface area contributed by atoms with Crippen molar-refractivity contribution >= 4 is 11.3 Å². The van der Waals surface area contributed by atoms with Crippen LogP contribution in [-0.2, 0) is 6.42 Å². The molecule has 5 heteroatoms. The number of aryl methyl sites for hydroxylation is 1. The molecule has 0 saturated heterocycles. The molecule has 1 fully saturated rings. The Balaban J connectivity index is 1.46. The number of H-pyrrole nitrogens is 1. The molecule has 0 bridgehead atoms. The first-order valence-electron chi connectivity index (χ1n) is 6.54. The highest BCUT2D eigenvalue weighted by molar-refractivity contribution is 7.10. The summed E-state index contributed by atoms with van der Waals surface area (Å²) in [7, 11) is 0. The first kappa shape index (κ1) is 11.9. The summed E-state index contributed by atoms with van der Waals surface area (Å²) in [6.07, 6.45) is 6.38. The fraction of sp³-hybridized carbons (Fsp3) is 0.538. The molecule has 4 nitrogen and oxygen atoms in total. The van der Waals surface area contributed by atoms with Crippen LogP contribution >= 0.6 is 11.3 Å². The van der Waals surface area contributed by atoms with Crippen LogP contribution in [0.1, 0.15) is 36.0 Å². The number of hydrogen-bond acceptors (Lipinski definition) is 4. The van der Waals surface area contributed by atoms with Crippen molar-refractivity contribution in [1.82, 2.24) is 20.5 Å². The second-order valence-electron chi connectivity index (χ2n) is 4.82. The maximum Gasteiger partial charge on any atom is 0.137 e. The molecule has 1 saturated carbocycles. The maximum absolute atomic E-state index is 4.14. The van der Waals surface area contributed by atoms with Crippen LogP contribution in [0.2, 0.25) is 0 Å². The molecule has 0 spiro atoms. The first-order chi connectivity index (χ1) is 8.93. The van der Waals surface area contributed by atoms with E-state index in [-0.39, 0.29) is 0 Å². The normalized spacial score (nSPS) is 16.9. The quantitative estimate of drug-likeness (QED) is 0.754. The average molecular weight is 262 g/mol. The van der Waals surface area contributed by atoms with Crippen molar-refractivity contribution in [1.29, 1.82) is 0 Å². The Labute approximate surface area is 111 Å². The van der Waals surface area contributed by atoms with Gasteiger partial charge in [0.05, 0.1) is 0 Å². The minimum Gasteiger partial charge on any atom is -0.309 e. The van der Waals surface area contributed by atoms with Crippen LogP contribution in [0.4, 0.5) is 0 Å². The number of aromatic nitrogens is 3. The van der Waals surface area contributed by atoms with E-state index in [4.69, 9.17) is 0 Å². The summed E-state index contributed by atoms with van der Waals surface area (Å²) < 4.78 is 0. The van der Waals surface area contributed by atoms with E-state index in [9.17, 15) is 0 Å². The largest absolute Gasteiger partial charge is 0.309 e. The van der Waals surface area contributed by atoms with Crippen LogP contribution in [-0.4, -0.2) is 21.7 Å². The smallest absolute Gasteiger partial charge is 0.137 e. The van der Waals surface area contributed by atoms with Gasteiger partial charge in [0.25, 0.3) is 0 Å². The molecule has 0 aromatic carbocycles. The predicted octanol–water partition coefficient (Wildman–Crippen LogP) is 2.54. The van der Waals surface area contributed by atoms with E-state index in [0.29, 0.717) is 6.04 Å². The van der Waals surface area contributed by atoms with Crippen LogP contribution in [0, 0.1) is 5.92 Å². The van der Waals surface area contributed by atoms with Gasteiger partial charge in [-0.3, -0.25) is 5.10 Å². The molecule has 2 N–H and O–H groups in total. The Morgan fingerprint density at radius 3 is 3.11 bits per heavy atom. The minimum absolute atomic E-state index is 0.569. The van der Waals surface area contributed by atoms with Crippen molar-refractivity contribution < 1.29 is 0 Å². The Kier molecular flexibility index (Phi) is 3.71. The molecular weight excluding hydrogens is 244 g/mol. The second kappa shape index (κ2) is 5.63. The van der Waals surface area contributed by atoms with E-state index in [1.54, 1.807) is 6.33 Å². The van der Waals surface area contributed by atoms with Gasteiger partial charge < -0.3 is 5.32 Å². The summed E-state index contributed by atoms with van der Waals surface area (Å²) in [5.41, 5.74) is 0. The lowest BCUT2D eigenvalue weighted by Gasteiger charge is -2.16. The van der Waals surface area contributed by atoms with E-state index in [1.165, 1.54) is 17.7 Å². The fourth-order valence-corrected chi connectivity index (χ4v) is 3.16. The Morgan fingerprint density at radius 1 is 1.50 bits per heavy atom. The second-order valence-corrected chi connectivity index (χ2v) is 5.80. The zero-order chi connectivity index (χ0) is 12.2. The number of rotatable bonds is 7. The molecule has 0 amide bonds. The van der Waals surface area contributed by atoms with Crippen molar-refractivity contribution in [2.45, 2.75) is 31.7 Å². The highest BCUT2D eigenvalue weighted by Gasteiger charge is 2.32. The van der Waals surface area contributed by atoms with Gasteiger partial charge in [0.2, 0.25) is 0 Å². The lowest BCUT2D eigenvalue weighted by molar-refractivity contribution is 0.480. The summed E-state index contributed by atoms with van der Waals surface area (Å²) in [6.45, 7) is 1.04. The molecule has 1 aliphatic rings. The van der Waals surface area contributed by atoms with E-state index < -0.39 is 0 Å². The summed E-state index contributed by atoms with van der Waals surface area (Å²) in [5.74, 6) is 1.84. The van der Waals surface area contributed by atoms with Crippen LogP contribution in [0.25, 0.3) is 0 Å². The zero-order valence-electron chi connectivity index (χ0n) is 10.3. The number of aromatic amines is 1. The highest BCUT2D eigenvalue weighted by Crippen LogP contribution is 2.42. The molecule has 2 aromatic heterocycles. The van der Waals surface area contributed by atoms with Crippen molar-refractivity contribution in [2.75, 3.05) is 6.54 Å². The van der Waals surface area contributed by atoms with Crippen molar-refractivity contribution in [3.63, 3.8) is 0 Å². The lowest BCUT2D eigenvalue weighted by Crippen LogP contribution is -2.23. The van der Waals surface area contributed by atoms with E-state index >= 15 is 0 Å². The molecule has 0 aliphatic heterocycles.